The minimum Gasteiger partial charge on any atom is -0.481 e. The Bertz CT molecular complexity index is 480. The van der Waals surface area contributed by atoms with Crippen LogP contribution in [0.3, 0.4) is 0 Å². The molecule has 3 N–H and O–H groups in total. The van der Waals surface area contributed by atoms with Crippen molar-refractivity contribution in [3.63, 3.8) is 0 Å². The number of aromatic nitrogens is 2. The molecule has 1 aromatic heterocycles. The van der Waals surface area contributed by atoms with E-state index in [1.807, 2.05) is 0 Å². The molecule has 0 saturated heterocycles. The lowest BCUT2D eigenvalue weighted by Gasteiger charge is -2.35. The van der Waals surface area contributed by atoms with Crippen molar-refractivity contribution in [2.24, 2.45) is 11.3 Å². The smallest absolute Gasteiger partial charge is 0.315 e. The highest BCUT2D eigenvalue weighted by molar-refractivity contribution is 5.78. The number of carboxylic acids is 1. The van der Waals surface area contributed by atoms with Gasteiger partial charge in [0, 0.05) is 6.54 Å². The van der Waals surface area contributed by atoms with Crippen LogP contribution in [0.4, 0.5) is 4.79 Å². The summed E-state index contributed by atoms with van der Waals surface area (Å²) in [5.41, 5.74) is -0.851. The number of amides is 2. The van der Waals surface area contributed by atoms with Crippen LogP contribution in [-0.4, -0.2) is 33.8 Å². The lowest BCUT2D eigenvalue weighted by molar-refractivity contribution is -0.151. The summed E-state index contributed by atoms with van der Waals surface area (Å²) in [7, 11) is 0. The molecule has 8 nitrogen and oxygen atoms in total. The van der Waals surface area contributed by atoms with Gasteiger partial charge in [0.25, 0.3) is 0 Å². The molecule has 0 unspecified atom stereocenters. The predicted molar refractivity (Wildman–Crippen MR) is 72.2 cm³/mol. The van der Waals surface area contributed by atoms with Gasteiger partial charge >= 0.3 is 12.0 Å². The van der Waals surface area contributed by atoms with Crippen LogP contribution in [0.5, 0.6) is 0 Å². The van der Waals surface area contributed by atoms with Crippen molar-refractivity contribution in [1.29, 1.82) is 0 Å². The highest BCUT2D eigenvalue weighted by atomic mass is 16.5. The maximum absolute atomic E-state index is 11.7. The summed E-state index contributed by atoms with van der Waals surface area (Å²) in [6, 6.07) is -0.431. The molecule has 1 aliphatic rings. The largest absolute Gasteiger partial charge is 0.481 e. The first-order chi connectivity index (χ1) is 10.0. The van der Waals surface area contributed by atoms with Gasteiger partial charge in [0.05, 0.1) is 12.0 Å². The lowest BCUT2D eigenvalue weighted by Crippen LogP contribution is -2.47. The van der Waals surface area contributed by atoms with Crippen LogP contribution in [0.1, 0.15) is 38.4 Å². The zero-order valence-electron chi connectivity index (χ0n) is 12.0. The summed E-state index contributed by atoms with van der Waals surface area (Å²) >= 11 is 0. The molecule has 0 radical (unpaired) electrons. The minimum absolute atomic E-state index is 0.132. The summed E-state index contributed by atoms with van der Waals surface area (Å²) in [5, 5.41) is 18.2. The van der Waals surface area contributed by atoms with Crippen molar-refractivity contribution >= 4 is 12.0 Å². The fraction of sp³-hybridized carbons (Fsp3) is 0.692. The van der Waals surface area contributed by atoms with Gasteiger partial charge in [-0.1, -0.05) is 12.1 Å². The Morgan fingerprint density at radius 1 is 1.43 bits per heavy atom. The fourth-order valence-corrected chi connectivity index (χ4v) is 2.52. The molecule has 0 spiro atoms. The zero-order valence-corrected chi connectivity index (χ0v) is 12.0. The number of nitrogens with one attached hydrogen (secondary N) is 2. The van der Waals surface area contributed by atoms with E-state index in [2.05, 4.69) is 32.2 Å². The first kappa shape index (κ1) is 15.3. The average molecular weight is 296 g/mol. The Balaban J connectivity index is 1.81. The quantitative estimate of drug-likeness (QED) is 0.750. The van der Waals surface area contributed by atoms with Gasteiger partial charge in [0.2, 0.25) is 6.39 Å². The van der Waals surface area contributed by atoms with E-state index in [-0.39, 0.29) is 13.1 Å². The van der Waals surface area contributed by atoms with Gasteiger partial charge in [-0.3, -0.25) is 4.79 Å². The van der Waals surface area contributed by atoms with Crippen molar-refractivity contribution in [1.82, 2.24) is 20.8 Å². The Labute approximate surface area is 122 Å². The fourth-order valence-electron chi connectivity index (χ4n) is 2.52. The monoisotopic (exact) mass is 296 g/mol. The second kappa shape index (κ2) is 6.55. The van der Waals surface area contributed by atoms with Crippen molar-refractivity contribution in [2.45, 2.75) is 39.2 Å². The molecular weight excluding hydrogens is 276 g/mol. The zero-order chi connectivity index (χ0) is 15.3. The summed E-state index contributed by atoms with van der Waals surface area (Å²) in [6.45, 7) is 2.39. The molecule has 8 heteroatoms. The van der Waals surface area contributed by atoms with Gasteiger partial charge in [0.1, 0.15) is 0 Å². The topological polar surface area (TPSA) is 117 Å². The number of carboxylic acid groups (broad SMARTS) is 1. The number of urea groups is 1. The predicted octanol–water partition coefficient (Wildman–Crippen LogP) is 1.15. The van der Waals surface area contributed by atoms with E-state index < -0.39 is 17.4 Å². The number of aliphatic carboxylic acids is 1. The van der Waals surface area contributed by atoms with Crippen LogP contribution in [0.15, 0.2) is 10.9 Å². The summed E-state index contributed by atoms with van der Waals surface area (Å²) in [4.78, 5) is 27.0. The molecule has 1 aromatic rings. The molecule has 116 valence electrons. The Hall–Kier alpha value is -2.12. The molecule has 21 heavy (non-hydrogen) atoms. The van der Waals surface area contributed by atoms with E-state index in [1.165, 1.54) is 6.39 Å². The molecule has 0 aromatic carbocycles. The number of carbonyl (C=O) groups is 2. The molecule has 1 aliphatic carbocycles. The minimum atomic E-state index is -0.851. The van der Waals surface area contributed by atoms with Gasteiger partial charge in [-0.25, -0.2) is 4.79 Å². The second-order valence-corrected chi connectivity index (χ2v) is 5.65. The van der Waals surface area contributed by atoms with Gasteiger partial charge in [-0.2, -0.15) is 4.98 Å². The normalized spacial score (nSPS) is 25.3. The third-order valence-corrected chi connectivity index (χ3v) is 4.09. The average Bonchev–Trinajstić information content (AvgIpc) is 2.98. The summed E-state index contributed by atoms with van der Waals surface area (Å²) < 4.78 is 4.55. The first-order valence-electron chi connectivity index (χ1n) is 7.02. The molecule has 1 heterocycles. The first-order valence-corrected chi connectivity index (χ1v) is 7.02. The molecule has 0 atom stereocenters. The Morgan fingerprint density at radius 3 is 2.71 bits per heavy atom. The number of rotatable bonds is 5. The third-order valence-electron chi connectivity index (χ3n) is 4.09. The molecule has 2 amide bonds. The summed E-state index contributed by atoms with van der Waals surface area (Å²) in [6.07, 6.45) is 4.11. The van der Waals surface area contributed by atoms with E-state index >= 15 is 0 Å². The second-order valence-electron chi connectivity index (χ2n) is 5.65. The van der Waals surface area contributed by atoms with Crippen LogP contribution in [0.2, 0.25) is 0 Å². The van der Waals surface area contributed by atoms with Crippen LogP contribution >= 0.6 is 0 Å². The van der Waals surface area contributed by atoms with Crippen molar-refractivity contribution in [3.8, 4) is 0 Å². The lowest BCUT2D eigenvalue weighted by atomic mass is 9.71. The number of hydrogen-bond acceptors (Lipinski definition) is 5. The van der Waals surface area contributed by atoms with E-state index in [1.54, 1.807) is 0 Å². The Kier molecular flexibility index (Phi) is 4.77. The van der Waals surface area contributed by atoms with Crippen LogP contribution in [-0.2, 0) is 11.3 Å². The number of hydrogen-bond donors (Lipinski definition) is 3. The van der Waals surface area contributed by atoms with E-state index in [9.17, 15) is 14.7 Å². The van der Waals surface area contributed by atoms with Crippen molar-refractivity contribution in [3.05, 3.63) is 12.2 Å². The van der Waals surface area contributed by atoms with Crippen molar-refractivity contribution in [2.75, 3.05) is 6.54 Å². The molecule has 0 aliphatic heterocycles. The Morgan fingerprint density at radius 2 is 2.14 bits per heavy atom. The SMILES string of the molecule is CC1CCC(CNC(=O)NCc2ncon2)(C(=O)O)CC1. The van der Waals surface area contributed by atoms with Crippen LogP contribution in [0.25, 0.3) is 0 Å². The van der Waals surface area contributed by atoms with E-state index in [0.29, 0.717) is 24.6 Å². The molecule has 1 fully saturated rings. The van der Waals surface area contributed by atoms with Gasteiger partial charge in [0.15, 0.2) is 5.82 Å². The van der Waals surface area contributed by atoms with Gasteiger partial charge < -0.3 is 20.3 Å². The van der Waals surface area contributed by atoms with Crippen LogP contribution in [0, 0.1) is 11.3 Å². The van der Waals surface area contributed by atoms with Gasteiger partial charge in [-0.15, -0.1) is 0 Å². The molecule has 1 saturated carbocycles. The van der Waals surface area contributed by atoms with E-state index in [0.717, 1.165) is 12.8 Å². The summed E-state index contributed by atoms with van der Waals surface area (Å²) in [5.74, 6) is 0.0713. The van der Waals surface area contributed by atoms with E-state index in [4.69, 9.17) is 0 Å². The third kappa shape index (κ3) is 3.93. The maximum atomic E-state index is 11.7. The van der Waals surface area contributed by atoms with Crippen molar-refractivity contribution < 1.29 is 19.2 Å². The standard InChI is InChI=1S/C13H20N4O4/c1-9-2-4-13(5-3-9,11(18)19)7-15-12(20)14-6-10-16-8-21-17-10/h8-9H,2-7H2,1H3,(H,18,19)(H2,14,15,20). The maximum Gasteiger partial charge on any atom is 0.315 e. The molecular formula is C13H20N4O4. The number of nitrogens with zero attached hydrogens (tertiary/aromatic N) is 2. The molecule has 0 bridgehead atoms. The van der Waals surface area contributed by atoms with Crippen LogP contribution < -0.4 is 10.6 Å². The van der Waals surface area contributed by atoms with Gasteiger partial charge in [-0.05, 0) is 31.6 Å². The highest BCUT2D eigenvalue weighted by Gasteiger charge is 2.41. The molecule has 2 rings (SSSR count). The number of carbonyl (C=O) groups excluding carboxylic acids is 1. The highest BCUT2D eigenvalue weighted by Crippen LogP contribution is 2.38.